The van der Waals surface area contributed by atoms with E-state index in [0.717, 1.165) is 37.4 Å². The third kappa shape index (κ3) is 5.20. The van der Waals surface area contributed by atoms with E-state index in [9.17, 15) is 0 Å². The van der Waals surface area contributed by atoms with Crippen molar-refractivity contribution in [2.24, 2.45) is 5.73 Å². The van der Waals surface area contributed by atoms with Crippen molar-refractivity contribution >= 4 is 0 Å². The Morgan fingerprint density at radius 1 is 1.12 bits per heavy atom. The Kier molecular flexibility index (Phi) is 6.67. The van der Waals surface area contributed by atoms with Crippen LogP contribution in [-0.4, -0.2) is 19.8 Å². The highest BCUT2D eigenvalue weighted by molar-refractivity contribution is 5.28. The lowest BCUT2D eigenvalue weighted by Gasteiger charge is -2.12. The third-order valence-corrected chi connectivity index (χ3v) is 2.54. The van der Waals surface area contributed by atoms with Gasteiger partial charge in [0.25, 0.3) is 0 Å². The minimum atomic E-state index is 0.0440. The van der Waals surface area contributed by atoms with Gasteiger partial charge in [0.2, 0.25) is 0 Å². The summed E-state index contributed by atoms with van der Waals surface area (Å²) in [4.78, 5) is 0. The van der Waals surface area contributed by atoms with Gasteiger partial charge >= 0.3 is 0 Å². The molecule has 0 radical (unpaired) electrons. The molecule has 17 heavy (non-hydrogen) atoms. The van der Waals surface area contributed by atoms with Crippen LogP contribution in [0, 0.1) is 0 Å². The number of hydrogen-bond acceptors (Lipinski definition) is 3. The first-order valence-corrected chi connectivity index (χ1v) is 6.34. The fraction of sp³-hybridized carbons (Fsp3) is 0.571. The molecule has 0 saturated carbocycles. The van der Waals surface area contributed by atoms with Gasteiger partial charge in [0, 0.05) is 19.3 Å². The Labute approximate surface area is 104 Å². The average molecular weight is 237 g/mol. The fourth-order valence-corrected chi connectivity index (χ4v) is 1.60. The maximum Gasteiger partial charge on any atom is 0.119 e. The van der Waals surface area contributed by atoms with Crippen LogP contribution in [-0.2, 0) is 4.74 Å². The highest BCUT2D eigenvalue weighted by Crippen LogP contribution is 2.18. The van der Waals surface area contributed by atoms with E-state index < -0.39 is 0 Å². The molecule has 1 aromatic rings. The molecule has 0 heterocycles. The van der Waals surface area contributed by atoms with Gasteiger partial charge in [-0.25, -0.2) is 0 Å². The lowest BCUT2D eigenvalue weighted by Crippen LogP contribution is -2.13. The first-order chi connectivity index (χ1) is 8.27. The van der Waals surface area contributed by atoms with Gasteiger partial charge in [-0.2, -0.15) is 0 Å². The van der Waals surface area contributed by atoms with Gasteiger partial charge < -0.3 is 15.2 Å². The molecule has 1 aromatic carbocycles. The van der Waals surface area contributed by atoms with Crippen LogP contribution in [0.15, 0.2) is 24.3 Å². The van der Waals surface area contributed by atoms with Gasteiger partial charge in [-0.05, 0) is 37.5 Å². The number of hydrogen-bond donors (Lipinski definition) is 1. The van der Waals surface area contributed by atoms with Crippen LogP contribution >= 0.6 is 0 Å². The van der Waals surface area contributed by atoms with Crippen molar-refractivity contribution in [2.45, 2.75) is 32.7 Å². The van der Waals surface area contributed by atoms with Crippen LogP contribution in [0.1, 0.15) is 38.3 Å². The van der Waals surface area contributed by atoms with E-state index in [2.05, 4.69) is 6.92 Å². The van der Waals surface area contributed by atoms with Crippen molar-refractivity contribution < 1.29 is 9.47 Å². The van der Waals surface area contributed by atoms with Gasteiger partial charge in [-0.15, -0.1) is 0 Å². The summed E-state index contributed by atoms with van der Waals surface area (Å²) >= 11 is 0. The predicted octanol–water partition coefficient (Wildman–Crippen LogP) is 2.90. The van der Waals surface area contributed by atoms with E-state index in [-0.39, 0.29) is 6.04 Å². The number of ether oxygens (including phenoxy) is 2. The highest BCUT2D eigenvalue weighted by atomic mass is 16.5. The van der Waals surface area contributed by atoms with Gasteiger partial charge in [-0.1, -0.05) is 19.1 Å². The minimum Gasteiger partial charge on any atom is -0.494 e. The van der Waals surface area contributed by atoms with Crippen molar-refractivity contribution in [3.05, 3.63) is 29.8 Å². The molecule has 1 atom stereocenters. The molecule has 0 aliphatic heterocycles. The normalized spacial score (nSPS) is 12.4. The molecule has 2 N–H and O–H groups in total. The van der Waals surface area contributed by atoms with Crippen molar-refractivity contribution in [3.63, 3.8) is 0 Å². The molecule has 0 amide bonds. The first-order valence-electron chi connectivity index (χ1n) is 6.34. The second kappa shape index (κ2) is 8.09. The van der Waals surface area contributed by atoms with Crippen LogP contribution < -0.4 is 10.5 Å². The van der Waals surface area contributed by atoms with Crippen LogP contribution in [0.2, 0.25) is 0 Å². The fourth-order valence-electron chi connectivity index (χ4n) is 1.60. The standard InChI is InChI=1S/C14H23NO2/c1-3-10-16-11-9-14(15)12-5-7-13(8-6-12)17-4-2/h5-8,14H,3-4,9-11,15H2,1-2H3. The van der Waals surface area contributed by atoms with Crippen LogP contribution in [0.3, 0.4) is 0 Å². The number of benzene rings is 1. The Morgan fingerprint density at radius 2 is 1.82 bits per heavy atom. The largest absolute Gasteiger partial charge is 0.494 e. The molecule has 3 nitrogen and oxygen atoms in total. The van der Waals surface area contributed by atoms with Gasteiger partial charge in [0.1, 0.15) is 5.75 Å². The lowest BCUT2D eigenvalue weighted by molar-refractivity contribution is 0.128. The zero-order chi connectivity index (χ0) is 12.5. The second-order valence-electron chi connectivity index (χ2n) is 4.01. The molecule has 96 valence electrons. The van der Waals surface area contributed by atoms with E-state index in [1.807, 2.05) is 31.2 Å². The third-order valence-electron chi connectivity index (χ3n) is 2.54. The zero-order valence-corrected chi connectivity index (χ0v) is 10.8. The van der Waals surface area contributed by atoms with Crippen molar-refractivity contribution in [1.29, 1.82) is 0 Å². The number of nitrogens with two attached hydrogens (primary N) is 1. The van der Waals surface area contributed by atoms with E-state index in [4.69, 9.17) is 15.2 Å². The summed E-state index contributed by atoms with van der Waals surface area (Å²) in [6.07, 6.45) is 1.91. The summed E-state index contributed by atoms with van der Waals surface area (Å²) in [7, 11) is 0. The molecular weight excluding hydrogens is 214 g/mol. The number of rotatable bonds is 8. The predicted molar refractivity (Wildman–Crippen MR) is 70.3 cm³/mol. The molecule has 0 fully saturated rings. The summed E-state index contributed by atoms with van der Waals surface area (Å²) in [5.74, 6) is 0.894. The molecular formula is C14H23NO2. The first kappa shape index (κ1) is 14.0. The van der Waals surface area contributed by atoms with Gasteiger partial charge in [0.15, 0.2) is 0 Å². The summed E-state index contributed by atoms with van der Waals surface area (Å²) < 4.78 is 10.8. The summed E-state index contributed by atoms with van der Waals surface area (Å²) in [5, 5.41) is 0. The van der Waals surface area contributed by atoms with E-state index in [1.165, 1.54) is 0 Å². The zero-order valence-electron chi connectivity index (χ0n) is 10.8. The quantitative estimate of drug-likeness (QED) is 0.707. The smallest absolute Gasteiger partial charge is 0.119 e. The monoisotopic (exact) mass is 237 g/mol. The molecule has 0 aliphatic carbocycles. The Morgan fingerprint density at radius 3 is 2.41 bits per heavy atom. The van der Waals surface area contributed by atoms with E-state index in [0.29, 0.717) is 6.61 Å². The maximum atomic E-state index is 6.08. The van der Waals surface area contributed by atoms with Crippen molar-refractivity contribution in [1.82, 2.24) is 0 Å². The van der Waals surface area contributed by atoms with Gasteiger partial charge in [0.05, 0.1) is 6.61 Å². The van der Waals surface area contributed by atoms with Crippen molar-refractivity contribution in [2.75, 3.05) is 19.8 Å². The van der Waals surface area contributed by atoms with E-state index in [1.54, 1.807) is 0 Å². The maximum absolute atomic E-state index is 6.08. The molecule has 1 unspecified atom stereocenters. The lowest BCUT2D eigenvalue weighted by atomic mass is 10.1. The molecule has 0 bridgehead atoms. The second-order valence-corrected chi connectivity index (χ2v) is 4.01. The minimum absolute atomic E-state index is 0.0440. The van der Waals surface area contributed by atoms with Gasteiger partial charge in [-0.3, -0.25) is 0 Å². The Hall–Kier alpha value is -1.06. The summed E-state index contributed by atoms with van der Waals surface area (Å²) in [6.45, 7) is 6.31. The molecule has 0 saturated heterocycles. The van der Waals surface area contributed by atoms with Crippen molar-refractivity contribution in [3.8, 4) is 5.75 Å². The molecule has 3 heteroatoms. The Bertz CT molecular complexity index is 298. The Balaban J connectivity index is 2.37. The molecule has 0 aliphatic rings. The van der Waals surface area contributed by atoms with Crippen LogP contribution in [0.5, 0.6) is 5.75 Å². The van der Waals surface area contributed by atoms with Crippen LogP contribution in [0.4, 0.5) is 0 Å². The topological polar surface area (TPSA) is 44.5 Å². The van der Waals surface area contributed by atoms with E-state index >= 15 is 0 Å². The highest BCUT2D eigenvalue weighted by Gasteiger charge is 2.05. The molecule has 0 spiro atoms. The summed E-state index contributed by atoms with van der Waals surface area (Å²) in [5.41, 5.74) is 7.21. The molecule has 1 rings (SSSR count). The SMILES string of the molecule is CCCOCCC(N)c1ccc(OCC)cc1. The van der Waals surface area contributed by atoms with Crippen LogP contribution in [0.25, 0.3) is 0 Å². The summed E-state index contributed by atoms with van der Waals surface area (Å²) in [6, 6.07) is 8.02. The average Bonchev–Trinajstić information content (AvgIpc) is 2.36. The molecule has 0 aromatic heterocycles.